The zero-order valence-electron chi connectivity index (χ0n) is 25.7. The van der Waals surface area contributed by atoms with E-state index in [0.29, 0.717) is 11.1 Å². The molecule has 3 rings (SSSR count). The minimum Gasteiger partial charge on any atom is -0.376 e. The van der Waals surface area contributed by atoms with Crippen LogP contribution in [-0.4, -0.2) is 114 Å². The minimum atomic E-state index is 0.282. The van der Waals surface area contributed by atoms with Crippen LogP contribution < -0.4 is 0 Å². The number of hydrogen-bond acceptors (Lipinski definition) is 5. The molecule has 0 radical (unpaired) electrons. The van der Waals surface area contributed by atoms with Gasteiger partial charge in [-0.3, -0.25) is 14.7 Å². The highest BCUT2D eigenvalue weighted by Crippen LogP contribution is 2.20. The summed E-state index contributed by atoms with van der Waals surface area (Å²) < 4.78 is 0. The Hall–Kier alpha value is -0.620. The van der Waals surface area contributed by atoms with E-state index >= 15 is 0 Å². The Balaban J connectivity index is 0.000000467. The number of piperazine rings is 2. The summed E-state index contributed by atoms with van der Waals surface area (Å²) in [7, 11) is 4.31. The van der Waals surface area contributed by atoms with Crippen molar-refractivity contribution in [1.29, 1.82) is 0 Å². The first kappa shape index (κ1) is 33.4. The molecule has 3 fully saturated rings. The monoisotopic (exact) mass is 482 g/mol. The van der Waals surface area contributed by atoms with Gasteiger partial charge in [0, 0.05) is 75.2 Å². The molecule has 0 N–H and O–H groups in total. The predicted octanol–water partition coefficient (Wildman–Crippen LogP) is 5.49. The summed E-state index contributed by atoms with van der Waals surface area (Å²) in [5, 5.41) is 0. The Morgan fingerprint density at radius 1 is 0.529 bits per heavy atom. The molecule has 0 amide bonds. The first-order valence-electron chi connectivity index (χ1n) is 13.8. The van der Waals surface area contributed by atoms with Crippen molar-refractivity contribution >= 4 is 0 Å². The van der Waals surface area contributed by atoms with Gasteiger partial charge in [0.2, 0.25) is 0 Å². The van der Waals surface area contributed by atoms with Gasteiger partial charge in [0.25, 0.3) is 0 Å². The average Bonchev–Trinajstić information content (AvgIpc) is 3.27. The van der Waals surface area contributed by atoms with Gasteiger partial charge in [-0.05, 0) is 95.3 Å². The summed E-state index contributed by atoms with van der Waals surface area (Å²) in [6.07, 6.45) is 2.80. The van der Waals surface area contributed by atoms with Crippen molar-refractivity contribution in [1.82, 2.24) is 24.5 Å². The third kappa shape index (κ3) is 12.9. The molecular weight excluding hydrogens is 418 g/mol. The van der Waals surface area contributed by atoms with Crippen LogP contribution in [0.4, 0.5) is 0 Å². The highest BCUT2D eigenvalue weighted by atomic mass is 15.3. The van der Waals surface area contributed by atoms with Crippen LogP contribution in [0.15, 0.2) is 12.3 Å². The minimum absolute atomic E-state index is 0.282. The van der Waals surface area contributed by atoms with Crippen LogP contribution in [0.25, 0.3) is 0 Å². The zero-order chi connectivity index (χ0) is 26.7. The molecule has 0 saturated carbocycles. The maximum absolute atomic E-state index is 4.04. The summed E-state index contributed by atoms with van der Waals surface area (Å²) in [6.45, 7) is 39.3. The lowest BCUT2D eigenvalue weighted by Crippen LogP contribution is -2.52. The van der Waals surface area contributed by atoms with Crippen molar-refractivity contribution < 1.29 is 0 Å². The lowest BCUT2D eigenvalue weighted by atomic mass is 10.0. The quantitative estimate of drug-likeness (QED) is 0.454. The Kier molecular flexibility index (Phi) is 14.6. The van der Waals surface area contributed by atoms with E-state index in [1.54, 1.807) is 0 Å². The number of likely N-dealkylation sites (N-methyl/N-ethyl adjacent to an activating group) is 2. The molecule has 3 aliphatic heterocycles. The van der Waals surface area contributed by atoms with Crippen LogP contribution in [0, 0.1) is 0 Å². The Bertz CT molecular complexity index is 538. The SMILES string of the molecule is C=C1CN(C(C)(C)C)CCN1C.CC.CC(C)(C)N1CCCC1.CN1CCN(C(C)(C)C)CC1. The third-order valence-electron chi connectivity index (χ3n) is 7.07. The fourth-order valence-corrected chi connectivity index (χ4v) is 4.29. The summed E-state index contributed by atoms with van der Waals surface area (Å²) in [6, 6.07) is 0. The van der Waals surface area contributed by atoms with Crippen LogP contribution >= 0.6 is 0 Å². The topological polar surface area (TPSA) is 16.2 Å². The van der Waals surface area contributed by atoms with Crippen LogP contribution in [0.2, 0.25) is 0 Å². The number of likely N-dealkylation sites (tertiary alicyclic amines) is 1. The molecule has 0 aromatic carbocycles. The van der Waals surface area contributed by atoms with E-state index in [2.05, 4.69) is 107 Å². The third-order valence-corrected chi connectivity index (χ3v) is 7.07. The van der Waals surface area contributed by atoms with Gasteiger partial charge < -0.3 is 9.80 Å². The van der Waals surface area contributed by atoms with E-state index in [0.717, 1.165) is 19.6 Å². The molecule has 3 saturated heterocycles. The lowest BCUT2D eigenvalue weighted by Gasteiger charge is -2.42. The summed E-state index contributed by atoms with van der Waals surface area (Å²) in [4.78, 5) is 12.2. The average molecular weight is 482 g/mol. The van der Waals surface area contributed by atoms with Crippen LogP contribution in [0.3, 0.4) is 0 Å². The van der Waals surface area contributed by atoms with Gasteiger partial charge in [-0.2, -0.15) is 0 Å². The number of hydrogen-bond donors (Lipinski definition) is 0. The molecule has 0 unspecified atom stereocenters. The molecule has 0 aromatic heterocycles. The molecule has 0 spiro atoms. The Morgan fingerprint density at radius 2 is 0.882 bits per heavy atom. The van der Waals surface area contributed by atoms with Gasteiger partial charge in [0.15, 0.2) is 0 Å². The van der Waals surface area contributed by atoms with E-state index in [-0.39, 0.29) is 5.54 Å². The second kappa shape index (κ2) is 14.8. The standard InChI is InChI=1S/C10H20N2.C9H20N2.C8H17N.C2H6/c1-9-8-12(10(2,3)4)7-6-11(9)5;1-9(2,3)11-7-5-10(4)6-8-11;1-8(2,3)9-6-4-5-7-9;1-2/h1,6-8H2,2-5H3;5-8H2,1-4H3;4-7H2,1-3H3;1-2H3. The molecule has 0 aromatic rings. The molecule has 34 heavy (non-hydrogen) atoms. The first-order chi connectivity index (χ1) is 15.5. The molecule has 204 valence electrons. The van der Waals surface area contributed by atoms with Gasteiger partial charge >= 0.3 is 0 Å². The second-order valence-electron chi connectivity index (χ2n) is 12.9. The summed E-state index contributed by atoms with van der Waals surface area (Å²) in [5.41, 5.74) is 2.29. The highest BCUT2D eigenvalue weighted by Gasteiger charge is 2.26. The van der Waals surface area contributed by atoms with Gasteiger partial charge in [-0.25, -0.2) is 0 Å². The van der Waals surface area contributed by atoms with E-state index in [4.69, 9.17) is 0 Å². The fourth-order valence-electron chi connectivity index (χ4n) is 4.29. The zero-order valence-corrected chi connectivity index (χ0v) is 25.7. The fraction of sp³-hybridized carbons (Fsp3) is 0.931. The van der Waals surface area contributed by atoms with Gasteiger partial charge in [0.05, 0.1) is 0 Å². The first-order valence-corrected chi connectivity index (χ1v) is 13.8. The Morgan fingerprint density at radius 3 is 1.21 bits per heavy atom. The van der Waals surface area contributed by atoms with Gasteiger partial charge in [-0.1, -0.05) is 20.4 Å². The van der Waals surface area contributed by atoms with Crippen molar-refractivity contribution in [3.05, 3.63) is 12.3 Å². The maximum atomic E-state index is 4.04. The van der Waals surface area contributed by atoms with Crippen molar-refractivity contribution in [3.63, 3.8) is 0 Å². The van der Waals surface area contributed by atoms with E-state index < -0.39 is 0 Å². The van der Waals surface area contributed by atoms with E-state index in [1.807, 2.05) is 13.8 Å². The highest BCUT2D eigenvalue weighted by molar-refractivity contribution is 5.01. The molecule has 0 bridgehead atoms. The predicted molar refractivity (Wildman–Crippen MR) is 154 cm³/mol. The second-order valence-corrected chi connectivity index (χ2v) is 12.9. The molecule has 0 atom stereocenters. The molecular formula is C29H63N5. The van der Waals surface area contributed by atoms with E-state index in [1.165, 1.54) is 57.8 Å². The Labute approximate surface area is 215 Å². The van der Waals surface area contributed by atoms with Crippen LogP contribution in [0.5, 0.6) is 0 Å². The smallest absolute Gasteiger partial charge is 0.0383 e. The molecule has 5 nitrogen and oxygen atoms in total. The maximum Gasteiger partial charge on any atom is 0.0383 e. The lowest BCUT2D eigenvalue weighted by molar-refractivity contribution is 0.0735. The van der Waals surface area contributed by atoms with Crippen molar-refractivity contribution in [2.75, 3.05) is 73.0 Å². The van der Waals surface area contributed by atoms with Gasteiger partial charge in [-0.15, -0.1) is 0 Å². The number of nitrogens with zero attached hydrogens (tertiary/aromatic N) is 5. The normalized spacial score (nSPS) is 21.7. The summed E-state index contributed by atoms with van der Waals surface area (Å²) in [5.74, 6) is 0. The van der Waals surface area contributed by atoms with Crippen LogP contribution in [0.1, 0.15) is 89.0 Å². The van der Waals surface area contributed by atoms with Gasteiger partial charge in [0.1, 0.15) is 0 Å². The molecule has 0 aliphatic carbocycles. The number of rotatable bonds is 0. The van der Waals surface area contributed by atoms with Crippen molar-refractivity contribution in [3.8, 4) is 0 Å². The van der Waals surface area contributed by atoms with Crippen molar-refractivity contribution in [2.24, 2.45) is 0 Å². The largest absolute Gasteiger partial charge is 0.376 e. The molecule has 3 aliphatic rings. The molecule has 5 heteroatoms. The van der Waals surface area contributed by atoms with E-state index in [9.17, 15) is 0 Å². The van der Waals surface area contributed by atoms with Crippen LogP contribution in [-0.2, 0) is 0 Å². The van der Waals surface area contributed by atoms with Crippen molar-refractivity contribution in [2.45, 2.75) is 106 Å². The summed E-state index contributed by atoms with van der Waals surface area (Å²) >= 11 is 0. The molecule has 3 heterocycles.